The number of aryl methyl sites for hydroxylation is 1. The monoisotopic (exact) mass is 258 g/mol. The molecule has 0 spiro atoms. The number of benzene rings is 1. The summed E-state index contributed by atoms with van der Waals surface area (Å²) < 4.78 is 1.90. The molecule has 5 heteroatoms. The van der Waals surface area contributed by atoms with Gasteiger partial charge in [-0.05, 0) is 24.6 Å². The average molecular weight is 258 g/mol. The van der Waals surface area contributed by atoms with Gasteiger partial charge < -0.3 is 11.1 Å². The minimum Gasteiger partial charge on any atom is -0.381 e. The van der Waals surface area contributed by atoms with E-state index >= 15 is 0 Å². The van der Waals surface area contributed by atoms with Crippen LogP contribution in [0, 0.1) is 0 Å². The summed E-state index contributed by atoms with van der Waals surface area (Å²) in [5.74, 6) is -0.312. The second-order valence-corrected chi connectivity index (χ2v) is 4.40. The van der Waals surface area contributed by atoms with Crippen LogP contribution in [0.25, 0.3) is 0 Å². The maximum absolute atomic E-state index is 10.8. The molecule has 1 amide bonds. The van der Waals surface area contributed by atoms with E-state index in [1.807, 2.05) is 41.3 Å². The van der Waals surface area contributed by atoms with Gasteiger partial charge in [0, 0.05) is 30.5 Å². The van der Waals surface area contributed by atoms with Crippen LogP contribution in [0.3, 0.4) is 0 Å². The number of nitrogens with two attached hydrogens (primary N) is 1. The van der Waals surface area contributed by atoms with Gasteiger partial charge in [-0.1, -0.05) is 12.1 Å². The zero-order chi connectivity index (χ0) is 13.7. The molecule has 0 saturated carbocycles. The zero-order valence-corrected chi connectivity index (χ0v) is 11.0. The van der Waals surface area contributed by atoms with Crippen molar-refractivity contribution >= 4 is 11.6 Å². The van der Waals surface area contributed by atoms with E-state index in [1.54, 1.807) is 0 Å². The number of rotatable bonds is 6. The molecule has 0 fully saturated rings. The molecule has 19 heavy (non-hydrogen) atoms. The third-order valence-electron chi connectivity index (χ3n) is 2.84. The molecule has 100 valence electrons. The number of nitrogens with one attached hydrogen (secondary N) is 1. The quantitative estimate of drug-likeness (QED) is 0.825. The predicted octanol–water partition coefficient (Wildman–Crippen LogP) is 1.54. The second kappa shape index (κ2) is 6.04. The summed E-state index contributed by atoms with van der Waals surface area (Å²) in [4.78, 5) is 10.8. The Bertz CT molecular complexity index is 545. The van der Waals surface area contributed by atoms with E-state index < -0.39 is 0 Å². The summed E-state index contributed by atoms with van der Waals surface area (Å²) in [5.41, 5.74) is 8.23. The van der Waals surface area contributed by atoms with Gasteiger partial charge in [0.25, 0.3) is 0 Å². The fourth-order valence-electron chi connectivity index (χ4n) is 1.82. The lowest BCUT2D eigenvalue weighted by atomic mass is 10.1. The normalized spacial score (nSPS) is 10.4. The highest BCUT2D eigenvalue weighted by molar-refractivity contribution is 5.76. The Morgan fingerprint density at radius 3 is 2.63 bits per heavy atom. The molecular formula is C14H18N4O. The van der Waals surface area contributed by atoms with Crippen LogP contribution in [0.2, 0.25) is 0 Å². The molecule has 1 heterocycles. The van der Waals surface area contributed by atoms with Gasteiger partial charge in [0.2, 0.25) is 5.91 Å². The van der Waals surface area contributed by atoms with Gasteiger partial charge in [0.1, 0.15) is 0 Å². The van der Waals surface area contributed by atoms with E-state index in [0.29, 0.717) is 0 Å². The highest BCUT2D eigenvalue weighted by Gasteiger charge is 2.00. The Morgan fingerprint density at radius 1 is 1.32 bits per heavy atom. The first-order valence-electron chi connectivity index (χ1n) is 6.30. The summed E-state index contributed by atoms with van der Waals surface area (Å²) in [7, 11) is 0. The third kappa shape index (κ3) is 3.84. The van der Waals surface area contributed by atoms with Crippen LogP contribution in [0.4, 0.5) is 5.69 Å². The van der Waals surface area contributed by atoms with Gasteiger partial charge in [-0.15, -0.1) is 0 Å². The zero-order valence-electron chi connectivity index (χ0n) is 11.0. The first-order chi connectivity index (χ1) is 9.17. The molecule has 0 atom stereocenters. The minimum atomic E-state index is -0.312. The summed E-state index contributed by atoms with van der Waals surface area (Å²) in [5, 5.41) is 7.53. The van der Waals surface area contributed by atoms with Crippen molar-refractivity contribution in [1.29, 1.82) is 0 Å². The highest BCUT2D eigenvalue weighted by Crippen LogP contribution is 2.11. The molecule has 0 aliphatic carbocycles. The maximum Gasteiger partial charge on any atom is 0.221 e. The Hall–Kier alpha value is -2.30. The van der Waals surface area contributed by atoms with E-state index in [9.17, 15) is 4.79 Å². The van der Waals surface area contributed by atoms with Crippen LogP contribution in [0.1, 0.15) is 18.1 Å². The Kier molecular flexibility index (Phi) is 4.18. The van der Waals surface area contributed by atoms with Crippen molar-refractivity contribution < 1.29 is 4.79 Å². The van der Waals surface area contributed by atoms with E-state index in [-0.39, 0.29) is 12.3 Å². The molecule has 1 aromatic heterocycles. The molecule has 0 radical (unpaired) electrons. The largest absolute Gasteiger partial charge is 0.381 e. The Balaban J connectivity index is 1.90. The minimum absolute atomic E-state index is 0.281. The van der Waals surface area contributed by atoms with Gasteiger partial charge in [-0.2, -0.15) is 5.10 Å². The number of hydrogen-bond acceptors (Lipinski definition) is 3. The molecule has 0 saturated heterocycles. The SMILES string of the molecule is CCn1cc(CNc2ccc(CC(N)=O)cc2)cn1. The van der Waals surface area contributed by atoms with Crippen LogP contribution in [0.5, 0.6) is 0 Å². The van der Waals surface area contributed by atoms with E-state index in [1.165, 1.54) is 0 Å². The summed E-state index contributed by atoms with van der Waals surface area (Å²) in [6.07, 6.45) is 4.16. The average Bonchev–Trinajstić information content (AvgIpc) is 2.85. The van der Waals surface area contributed by atoms with Crippen molar-refractivity contribution in [1.82, 2.24) is 9.78 Å². The van der Waals surface area contributed by atoms with Crippen LogP contribution >= 0.6 is 0 Å². The molecule has 0 bridgehead atoms. The van der Waals surface area contributed by atoms with Gasteiger partial charge in [0.05, 0.1) is 12.6 Å². The second-order valence-electron chi connectivity index (χ2n) is 4.40. The van der Waals surface area contributed by atoms with E-state index in [2.05, 4.69) is 17.3 Å². The van der Waals surface area contributed by atoms with Crippen LogP contribution < -0.4 is 11.1 Å². The summed E-state index contributed by atoms with van der Waals surface area (Å²) >= 11 is 0. The standard InChI is InChI=1S/C14H18N4O/c1-2-18-10-12(9-17-18)8-16-13-5-3-11(4-6-13)7-14(15)19/h3-6,9-10,16H,2,7-8H2,1H3,(H2,15,19). The summed E-state index contributed by atoms with van der Waals surface area (Å²) in [6.45, 7) is 3.67. The Morgan fingerprint density at radius 2 is 2.05 bits per heavy atom. The lowest BCUT2D eigenvalue weighted by molar-refractivity contribution is -0.117. The van der Waals surface area contributed by atoms with Crippen molar-refractivity contribution in [3.8, 4) is 0 Å². The number of nitrogens with zero attached hydrogens (tertiary/aromatic N) is 2. The van der Waals surface area contributed by atoms with Crippen molar-refractivity contribution in [2.45, 2.75) is 26.4 Å². The maximum atomic E-state index is 10.8. The topological polar surface area (TPSA) is 72.9 Å². The number of aromatic nitrogens is 2. The Labute approximate surface area is 112 Å². The molecular weight excluding hydrogens is 240 g/mol. The molecule has 2 aromatic rings. The summed E-state index contributed by atoms with van der Waals surface area (Å²) in [6, 6.07) is 7.70. The van der Waals surface area contributed by atoms with E-state index in [4.69, 9.17) is 5.73 Å². The number of carbonyl (C=O) groups is 1. The fraction of sp³-hybridized carbons (Fsp3) is 0.286. The molecule has 5 nitrogen and oxygen atoms in total. The number of carbonyl (C=O) groups excluding carboxylic acids is 1. The first kappa shape index (κ1) is 13.1. The molecule has 1 aromatic carbocycles. The van der Waals surface area contributed by atoms with Crippen molar-refractivity contribution in [3.05, 3.63) is 47.8 Å². The molecule has 2 rings (SSSR count). The smallest absolute Gasteiger partial charge is 0.221 e. The van der Waals surface area contributed by atoms with Crippen LogP contribution in [0.15, 0.2) is 36.7 Å². The molecule has 0 aliphatic heterocycles. The van der Waals surface area contributed by atoms with E-state index in [0.717, 1.165) is 29.9 Å². The van der Waals surface area contributed by atoms with Crippen LogP contribution in [-0.4, -0.2) is 15.7 Å². The van der Waals surface area contributed by atoms with Gasteiger partial charge >= 0.3 is 0 Å². The fourth-order valence-corrected chi connectivity index (χ4v) is 1.82. The van der Waals surface area contributed by atoms with Gasteiger partial charge in [-0.25, -0.2) is 0 Å². The van der Waals surface area contributed by atoms with Crippen molar-refractivity contribution in [3.63, 3.8) is 0 Å². The highest BCUT2D eigenvalue weighted by atomic mass is 16.1. The number of primary amides is 1. The van der Waals surface area contributed by atoms with Gasteiger partial charge in [-0.3, -0.25) is 9.48 Å². The third-order valence-corrected chi connectivity index (χ3v) is 2.84. The lowest BCUT2D eigenvalue weighted by Crippen LogP contribution is -2.13. The van der Waals surface area contributed by atoms with Crippen molar-refractivity contribution in [2.75, 3.05) is 5.32 Å². The number of anilines is 1. The molecule has 0 unspecified atom stereocenters. The predicted molar refractivity (Wildman–Crippen MR) is 74.6 cm³/mol. The van der Waals surface area contributed by atoms with Gasteiger partial charge in [0.15, 0.2) is 0 Å². The first-order valence-corrected chi connectivity index (χ1v) is 6.30. The van der Waals surface area contributed by atoms with Crippen LogP contribution in [-0.2, 0) is 24.3 Å². The van der Waals surface area contributed by atoms with Crippen molar-refractivity contribution in [2.24, 2.45) is 5.73 Å². The molecule has 0 aliphatic rings. The lowest BCUT2D eigenvalue weighted by Gasteiger charge is -2.05. The number of hydrogen-bond donors (Lipinski definition) is 2. The number of amides is 1. The molecule has 3 N–H and O–H groups in total.